The number of benzene rings is 1. The fourth-order valence-electron chi connectivity index (χ4n) is 1.85. The standard InChI is InChI=1S/C15H13F2IN.Y/c1-10-3-5-12(6-4-10)14-8-7-13(18)11(2)19(14)9-15(16)17;/h3-7,15H,2,9H2,1H3;/q-1;. The molecule has 1 aromatic rings. The van der Waals surface area contributed by atoms with Gasteiger partial charge in [0.2, 0.25) is 0 Å². The minimum atomic E-state index is -2.42. The Morgan fingerprint density at radius 3 is 2.45 bits per heavy atom. The first kappa shape index (κ1) is 18.0. The van der Waals surface area contributed by atoms with E-state index < -0.39 is 6.43 Å². The zero-order chi connectivity index (χ0) is 14.0. The first-order valence-electron chi connectivity index (χ1n) is 5.80. The second kappa shape index (κ2) is 7.80. The SMILES string of the molecule is C=C1C(I)=C[C-]=C(c2ccc(C)cc2)N1CC(F)F.[Y]. The van der Waals surface area contributed by atoms with Gasteiger partial charge in [-0.1, -0.05) is 39.1 Å². The van der Waals surface area contributed by atoms with Gasteiger partial charge < -0.3 is 4.90 Å². The van der Waals surface area contributed by atoms with Gasteiger partial charge in [0.25, 0.3) is 6.43 Å². The van der Waals surface area contributed by atoms with E-state index in [9.17, 15) is 8.78 Å². The summed E-state index contributed by atoms with van der Waals surface area (Å²) in [5.74, 6) is 0. The van der Waals surface area contributed by atoms with E-state index in [1.54, 1.807) is 6.08 Å². The fraction of sp³-hybridized carbons (Fsp3) is 0.200. The van der Waals surface area contributed by atoms with Crippen molar-refractivity contribution in [3.63, 3.8) is 0 Å². The average Bonchev–Trinajstić information content (AvgIpc) is 2.36. The van der Waals surface area contributed by atoms with E-state index in [1.807, 2.05) is 31.2 Å². The van der Waals surface area contributed by atoms with Gasteiger partial charge in [-0.25, -0.2) is 8.78 Å². The van der Waals surface area contributed by atoms with Crippen molar-refractivity contribution in [2.45, 2.75) is 13.3 Å². The Hall–Kier alpha value is -0.0661. The summed E-state index contributed by atoms with van der Waals surface area (Å²) in [6, 6.07) is 7.73. The van der Waals surface area contributed by atoms with E-state index in [4.69, 9.17) is 0 Å². The number of alkyl halides is 2. The van der Waals surface area contributed by atoms with Crippen LogP contribution in [0.3, 0.4) is 0 Å². The summed E-state index contributed by atoms with van der Waals surface area (Å²) >= 11 is 2.08. The molecule has 0 aliphatic carbocycles. The first-order valence-corrected chi connectivity index (χ1v) is 6.88. The Labute approximate surface area is 156 Å². The second-order valence-corrected chi connectivity index (χ2v) is 5.46. The predicted octanol–water partition coefficient (Wildman–Crippen LogP) is 4.55. The number of hydrogen-bond donors (Lipinski definition) is 0. The van der Waals surface area contributed by atoms with E-state index in [0.29, 0.717) is 11.4 Å². The summed E-state index contributed by atoms with van der Waals surface area (Å²) in [5.41, 5.74) is 3.23. The number of aryl methyl sites for hydroxylation is 1. The van der Waals surface area contributed by atoms with Gasteiger partial charge in [0.15, 0.2) is 0 Å². The van der Waals surface area contributed by atoms with Gasteiger partial charge in [0, 0.05) is 32.7 Å². The Morgan fingerprint density at radius 1 is 1.30 bits per heavy atom. The minimum absolute atomic E-state index is 0. The topological polar surface area (TPSA) is 3.24 Å². The Kier molecular flexibility index (Phi) is 7.02. The van der Waals surface area contributed by atoms with Crippen LogP contribution in [0.5, 0.6) is 0 Å². The van der Waals surface area contributed by atoms with Crippen LogP contribution >= 0.6 is 22.6 Å². The molecule has 1 nitrogen and oxygen atoms in total. The van der Waals surface area contributed by atoms with Gasteiger partial charge in [-0.05, 0) is 12.6 Å². The van der Waals surface area contributed by atoms with Crippen molar-refractivity contribution in [3.05, 3.63) is 63.4 Å². The molecule has 0 atom stereocenters. The van der Waals surface area contributed by atoms with Crippen LogP contribution in [0.4, 0.5) is 8.78 Å². The van der Waals surface area contributed by atoms with Crippen LogP contribution in [-0.4, -0.2) is 17.9 Å². The molecule has 103 valence electrons. The molecular weight excluding hydrogens is 448 g/mol. The van der Waals surface area contributed by atoms with Crippen molar-refractivity contribution < 1.29 is 41.5 Å². The first-order chi connectivity index (χ1) is 8.99. The molecule has 0 spiro atoms. The summed E-state index contributed by atoms with van der Waals surface area (Å²) in [4.78, 5) is 1.52. The second-order valence-electron chi connectivity index (χ2n) is 4.30. The maximum absolute atomic E-state index is 12.7. The smallest absolute Gasteiger partial charge is 0.256 e. The Balaban J connectivity index is 0.00000200. The van der Waals surface area contributed by atoms with E-state index in [1.165, 1.54) is 4.90 Å². The van der Waals surface area contributed by atoms with Gasteiger partial charge >= 0.3 is 0 Å². The van der Waals surface area contributed by atoms with Crippen molar-refractivity contribution in [2.75, 3.05) is 6.54 Å². The quantitative estimate of drug-likeness (QED) is 0.472. The van der Waals surface area contributed by atoms with E-state index >= 15 is 0 Å². The fourth-order valence-corrected chi connectivity index (χ4v) is 2.29. The van der Waals surface area contributed by atoms with Gasteiger partial charge in [-0.2, -0.15) is 12.2 Å². The molecule has 20 heavy (non-hydrogen) atoms. The Bertz CT molecular complexity index is 549. The van der Waals surface area contributed by atoms with Crippen LogP contribution in [0.15, 0.2) is 46.2 Å². The number of hydrogen-bond acceptors (Lipinski definition) is 1. The molecule has 0 fully saturated rings. The third kappa shape index (κ3) is 4.21. The van der Waals surface area contributed by atoms with Gasteiger partial charge in [0.1, 0.15) is 0 Å². The van der Waals surface area contributed by atoms with Crippen molar-refractivity contribution in [3.8, 4) is 0 Å². The molecule has 5 heteroatoms. The average molecular weight is 461 g/mol. The van der Waals surface area contributed by atoms with Crippen LogP contribution < -0.4 is 0 Å². The molecule has 1 aliphatic heterocycles. The molecule has 2 rings (SSSR count). The number of allylic oxidation sites excluding steroid dienone is 3. The van der Waals surface area contributed by atoms with Crippen molar-refractivity contribution in [2.24, 2.45) is 0 Å². The van der Waals surface area contributed by atoms with Crippen molar-refractivity contribution in [1.29, 1.82) is 0 Å². The molecule has 0 saturated heterocycles. The molecule has 1 aromatic carbocycles. The molecule has 0 unspecified atom stereocenters. The molecule has 1 heterocycles. The van der Waals surface area contributed by atoms with Gasteiger partial charge in [-0.3, -0.25) is 0 Å². The third-order valence-electron chi connectivity index (χ3n) is 2.85. The molecule has 1 aliphatic rings. The van der Waals surface area contributed by atoms with Crippen LogP contribution in [0.1, 0.15) is 11.1 Å². The number of nitrogens with zero attached hydrogens (tertiary/aromatic N) is 1. The van der Waals surface area contributed by atoms with Gasteiger partial charge in [0.05, 0.1) is 6.54 Å². The molecule has 0 bridgehead atoms. The van der Waals surface area contributed by atoms with E-state index in [0.717, 1.165) is 14.7 Å². The summed E-state index contributed by atoms with van der Waals surface area (Å²) in [7, 11) is 0. The monoisotopic (exact) mass is 461 g/mol. The summed E-state index contributed by atoms with van der Waals surface area (Å²) in [6.07, 6.45) is 2.43. The summed E-state index contributed by atoms with van der Waals surface area (Å²) < 4.78 is 26.3. The predicted molar refractivity (Wildman–Crippen MR) is 81.8 cm³/mol. The molecule has 0 N–H and O–H groups in total. The van der Waals surface area contributed by atoms with E-state index in [2.05, 4.69) is 35.2 Å². The molecular formula is C15H13F2INY-. The van der Waals surface area contributed by atoms with Crippen LogP contribution in [0.25, 0.3) is 5.70 Å². The maximum atomic E-state index is 12.7. The van der Waals surface area contributed by atoms with E-state index in [-0.39, 0.29) is 39.3 Å². The maximum Gasteiger partial charge on any atom is 0.256 e. The van der Waals surface area contributed by atoms with Crippen LogP contribution in [-0.2, 0) is 32.7 Å². The minimum Gasteiger partial charge on any atom is -0.369 e. The molecule has 0 saturated carbocycles. The zero-order valence-corrected chi connectivity index (χ0v) is 16.0. The molecule has 0 aromatic heterocycles. The molecule has 1 radical (unpaired) electrons. The normalized spacial score (nSPS) is 14.8. The van der Waals surface area contributed by atoms with Gasteiger partial charge in [-0.15, -0.1) is 34.7 Å². The van der Waals surface area contributed by atoms with Crippen LogP contribution in [0.2, 0.25) is 0 Å². The zero-order valence-electron chi connectivity index (χ0n) is 11.0. The summed E-state index contributed by atoms with van der Waals surface area (Å²) in [5, 5.41) is 0. The largest absolute Gasteiger partial charge is 0.369 e. The van der Waals surface area contributed by atoms with Crippen molar-refractivity contribution >= 4 is 28.3 Å². The summed E-state index contributed by atoms with van der Waals surface area (Å²) in [6.45, 7) is 5.50. The molecule has 0 amide bonds. The van der Waals surface area contributed by atoms with Crippen molar-refractivity contribution in [1.82, 2.24) is 4.90 Å². The number of halogens is 3. The number of rotatable bonds is 3. The third-order valence-corrected chi connectivity index (χ3v) is 3.79. The van der Waals surface area contributed by atoms with Crippen LogP contribution in [0, 0.1) is 13.0 Å². The Morgan fingerprint density at radius 2 is 1.90 bits per heavy atom.